The minimum Gasteiger partial charge on any atom is -0.497 e. The summed E-state index contributed by atoms with van der Waals surface area (Å²) in [7, 11) is 4.53. The Morgan fingerprint density at radius 1 is 1.03 bits per heavy atom. The molecule has 0 saturated carbocycles. The Morgan fingerprint density at radius 3 is 2.60 bits per heavy atom. The van der Waals surface area contributed by atoms with Gasteiger partial charge in [-0.1, -0.05) is 0 Å². The number of ether oxygens (including phenoxy) is 3. The lowest BCUT2D eigenvalue weighted by atomic mass is 9.90. The van der Waals surface area contributed by atoms with E-state index in [4.69, 9.17) is 18.6 Å². The minimum absolute atomic E-state index is 0.107. The fraction of sp³-hybridized carbons (Fsp3) is 0.250. The average Bonchev–Trinajstić information content (AvgIpc) is 2.79. The second-order valence-electron chi connectivity index (χ2n) is 7.07. The first-order valence-electron chi connectivity index (χ1n) is 9.66. The molecule has 1 aliphatic rings. The van der Waals surface area contributed by atoms with E-state index >= 15 is 0 Å². The molecule has 6 heteroatoms. The molecule has 0 N–H and O–H groups in total. The molecule has 1 aromatic heterocycles. The lowest BCUT2D eigenvalue weighted by molar-refractivity contribution is 0.0601. The number of benzene rings is 2. The van der Waals surface area contributed by atoms with Crippen LogP contribution in [0.2, 0.25) is 0 Å². The van der Waals surface area contributed by atoms with Crippen molar-refractivity contribution in [3.05, 3.63) is 69.1 Å². The predicted molar refractivity (Wildman–Crippen MR) is 114 cm³/mol. The van der Waals surface area contributed by atoms with Crippen LogP contribution in [0.25, 0.3) is 22.6 Å². The molecule has 0 bridgehead atoms. The highest BCUT2D eigenvalue weighted by molar-refractivity contribution is 5.94. The maximum Gasteiger partial charge on any atom is 0.337 e. The normalized spacial score (nSPS) is 14.4. The van der Waals surface area contributed by atoms with Crippen molar-refractivity contribution in [1.29, 1.82) is 0 Å². The van der Waals surface area contributed by atoms with E-state index in [1.807, 2.05) is 24.3 Å². The van der Waals surface area contributed by atoms with Crippen molar-refractivity contribution < 1.29 is 23.4 Å². The molecular weight excluding hydrogens is 384 g/mol. The highest BCUT2D eigenvalue weighted by atomic mass is 16.5. The number of hydrogen-bond donors (Lipinski definition) is 0. The predicted octanol–water partition coefficient (Wildman–Crippen LogP) is 4.47. The summed E-state index contributed by atoms with van der Waals surface area (Å²) in [4.78, 5) is 25.0. The van der Waals surface area contributed by atoms with E-state index in [2.05, 4.69) is 0 Å². The summed E-state index contributed by atoms with van der Waals surface area (Å²) in [5.74, 6) is 1.50. The largest absolute Gasteiger partial charge is 0.497 e. The van der Waals surface area contributed by atoms with Gasteiger partial charge in [-0.3, -0.25) is 4.79 Å². The number of carbonyl (C=O) groups is 1. The summed E-state index contributed by atoms with van der Waals surface area (Å²) >= 11 is 0. The third-order valence-corrected chi connectivity index (χ3v) is 5.34. The summed E-state index contributed by atoms with van der Waals surface area (Å²) in [5.41, 5.74) is 3.12. The van der Waals surface area contributed by atoms with Gasteiger partial charge in [0.15, 0.2) is 5.43 Å². The summed E-state index contributed by atoms with van der Waals surface area (Å²) in [6, 6.07) is 10.4. The molecule has 0 aliphatic heterocycles. The van der Waals surface area contributed by atoms with E-state index in [-0.39, 0.29) is 5.43 Å². The van der Waals surface area contributed by atoms with Gasteiger partial charge in [0.25, 0.3) is 0 Å². The van der Waals surface area contributed by atoms with E-state index in [0.717, 1.165) is 24.0 Å². The van der Waals surface area contributed by atoms with Gasteiger partial charge in [-0.25, -0.2) is 4.79 Å². The highest BCUT2D eigenvalue weighted by Crippen LogP contribution is 2.35. The molecule has 1 heterocycles. The van der Waals surface area contributed by atoms with Gasteiger partial charge in [-0.2, -0.15) is 0 Å². The summed E-state index contributed by atoms with van der Waals surface area (Å²) in [5, 5.41) is 0.389. The Morgan fingerprint density at radius 2 is 1.87 bits per heavy atom. The van der Waals surface area contributed by atoms with E-state index in [9.17, 15) is 9.59 Å². The zero-order valence-electron chi connectivity index (χ0n) is 17.1. The van der Waals surface area contributed by atoms with Crippen LogP contribution in [-0.2, 0) is 11.2 Å². The lowest BCUT2D eigenvalue weighted by Crippen LogP contribution is -2.16. The van der Waals surface area contributed by atoms with E-state index in [0.29, 0.717) is 45.8 Å². The van der Waals surface area contributed by atoms with Crippen LogP contribution >= 0.6 is 0 Å². The van der Waals surface area contributed by atoms with Gasteiger partial charge in [0.1, 0.15) is 22.8 Å². The molecule has 0 atom stereocenters. The molecule has 4 rings (SSSR count). The van der Waals surface area contributed by atoms with Crippen molar-refractivity contribution in [1.82, 2.24) is 0 Å². The first-order chi connectivity index (χ1) is 14.5. The molecule has 2 aromatic carbocycles. The van der Waals surface area contributed by atoms with Gasteiger partial charge >= 0.3 is 5.97 Å². The second kappa shape index (κ2) is 8.06. The van der Waals surface area contributed by atoms with Crippen molar-refractivity contribution in [3.63, 3.8) is 0 Å². The highest BCUT2D eigenvalue weighted by Gasteiger charge is 2.23. The molecular formula is C24H22O6. The molecule has 154 valence electrons. The molecule has 0 unspecified atom stereocenters. The van der Waals surface area contributed by atoms with Gasteiger partial charge < -0.3 is 18.6 Å². The fourth-order valence-corrected chi connectivity index (χ4v) is 3.80. The van der Waals surface area contributed by atoms with Crippen LogP contribution in [0.4, 0.5) is 0 Å². The molecule has 0 radical (unpaired) electrons. The molecule has 30 heavy (non-hydrogen) atoms. The quantitative estimate of drug-likeness (QED) is 0.595. The Bertz CT molecular complexity index is 1220. The van der Waals surface area contributed by atoms with Crippen LogP contribution in [-0.4, -0.2) is 27.3 Å². The van der Waals surface area contributed by atoms with Crippen molar-refractivity contribution in [2.75, 3.05) is 21.3 Å². The van der Waals surface area contributed by atoms with Crippen molar-refractivity contribution in [2.24, 2.45) is 0 Å². The van der Waals surface area contributed by atoms with Gasteiger partial charge in [-0.15, -0.1) is 0 Å². The Kier molecular flexibility index (Phi) is 5.31. The second-order valence-corrected chi connectivity index (χ2v) is 7.07. The molecule has 0 amide bonds. The Hall–Kier alpha value is -3.54. The zero-order chi connectivity index (χ0) is 21.3. The van der Waals surface area contributed by atoms with Crippen molar-refractivity contribution in [3.8, 4) is 11.5 Å². The average molecular weight is 406 g/mol. The lowest BCUT2D eigenvalue weighted by Gasteiger charge is -2.18. The summed E-state index contributed by atoms with van der Waals surface area (Å²) in [6.45, 7) is 0. The van der Waals surface area contributed by atoms with Crippen LogP contribution < -0.4 is 14.9 Å². The number of carbonyl (C=O) groups excluding carboxylic acids is 1. The monoisotopic (exact) mass is 406 g/mol. The van der Waals surface area contributed by atoms with E-state index in [1.165, 1.54) is 13.2 Å². The topological polar surface area (TPSA) is 75.0 Å². The standard InChI is InChI=1S/C24H22O6/c1-27-17-9-7-14(21(13-17)28-2)11-15-5-4-6-18-22(25)19-12-16(24(26)29-3)8-10-20(19)30-23(15)18/h7-13H,4-6H2,1-3H3. The van der Waals surface area contributed by atoms with Gasteiger partial charge in [0.05, 0.1) is 32.3 Å². The molecule has 0 spiro atoms. The number of esters is 1. The summed E-state index contributed by atoms with van der Waals surface area (Å²) < 4.78 is 21.7. The van der Waals surface area contributed by atoms with Crippen LogP contribution in [0.5, 0.6) is 11.5 Å². The van der Waals surface area contributed by atoms with Gasteiger partial charge in [0.2, 0.25) is 0 Å². The number of hydrogen-bond acceptors (Lipinski definition) is 6. The maximum absolute atomic E-state index is 13.2. The van der Waals surface area contributed by atoms with Crippen LogP contribution in [0.1, 0.15) is 40.1 Å². The van der Waals surface area contributed by atoms with E-state index < -0.39 is 5.97 Å². The number of rotatable bonds is 4. The third kappa shape index (κ3) is 3.45. The van der Waals surface area contributed by atoms with Gasteiger partial charge in [-0.05, 0) is 61.2 Å². The van der Waals surface area contributed by atoms with Crippen molar-refractivity contribution in [2.45, 2.75) is 19.3 Å². The molecule has 3 aromatic rings. The first-order valence-corrected chi connectivity index (χ1v) is 9.66. The summed E-state index contributed by atoms with van der Waals surface area (Å²) in [6.07, 6.45) is 4.25. The van der Waals surface area contributed by atoms with E-state index in [1.54, 1.807) is 26.4 Å². The number of methoxy groups -OCH3 is 3. The Balaban J connectivity index is 1.86. The van der Waals surface area contributed by atoms with Crippen LogP contribution in [0.3, 0.4) is 0 Å². The zero-order valence-corrected chi connectivity index (χ0v) is 17.1. The number of allylic oxidation sites excluding steroid dienone is 1. The van der Waals surface area contributed by atoms with Crippen molar-refractivity contribution >= 4 is 28.6 Å². The Labute approximate surface area is 173 Å². The molecule has 0 saturated heterocycles. The molecule has 0 fully saturated rings. The van der Waals surface area contributed by atoms with Gasteiger partial charge in [0, 0.05) is 17.2 Å². The van der Waals surface area contributed by atoms with Crippen LogP contribution in [0, 0.1) is 0 Å². The first kappa shape index (κ1) is 19.8. The third-order valence-electron chi connectivity index (χ3n) is 5.34. The fourth-order valence-electron chi connectivity index (χ4n) is 3.80. The smallest absolute Gasteiger partial charge is 0.337 e. The SMILES string of the molecule is COC(=O)c1ccc2oc3c(c(=O)c2c1)CCCC3=Cc1ccc(OC)cc1OC. The van der Waals surface area contributed by atoms with Crippen LogP contribution in [0.15, 0.2) is 45.6 Å². The maximum atomic E-state index is 13.2. The number of fused-ring (bicyclic) bond motifs is 2. The molecule has 1 aliphatic carbocycles. The minimum atomic E-state index is -0.485. The molecule has 6 nitrogen and oxygen atoms in total.